The van der Waals surface area contributed by atoms with Crippen molar-refractivity contribution in [1.82, 2.24) is 4.98 Å². The summed E-state index contributed by atoms with van der Waals surface area (Å²) in [6.07, 6.45) is 2.21. The predicted molar refractivity (Wildman–Crippen MR) is 66.9 cm³/mol. The minimum Gasteiger partial charge on any atom is -0.293 e. The van der Waals surface area contributed by atoms with Gasteiger partial charge in [-0.05, 0) is 6.92 Å². The van der Waals surface area contributed by atoms with Crippen LogP contribution < -0.4 is 0 Å². The fraction of sp³-hybridized carbons (Fsp3) is 0.231. The lowest BCUT2D eigenvalue weighted by atomic mass is 10.2. The highest BCUT2D eigenvalue weighted by atomic mass is 32.1. The normalized spacial score (nSPS) is 10.4. The van der Waals surface area contributed by atoms with Crippen LogP contribution in [0.1, 0.15) is 28.6 Å². The fourth-order valence-corrected chi connectivity index (χ4v) is 2.34. The molecule has 0 radical (unpaired) electrons. The third-order valence-corrected chi connectivity index (χ3v) is 3.49. The second-order valence-electron chi connectivity index (χ2n) is 3.67. The van der Waals surface area contributed by atoms with Gasteiger partial charge in [0.1, 0.15) is 5.01 Å². The molecular formula is C13H13NOS. The molecule has 0 saturated heterocycles. The van der Waals surface area contributed by atoms with E-state index in [9.17, 15) is 4.79 Å². The highest BCUT2D eigenvalue weighted by molar-refractivity contribution is 7.16. The van der Waals surface area contributed by atoms with Crippen molar-refractivity contribution >= 4 is 17.1 Å². The largest absolute Gasteiger partial charge is 0.293 e. The molecule has 1 aromatic heterocycles. The molecule has 0 unspecified atom stereocenters. The Bertz CT molecular complexity index is 499. The van der Waals surface area contributed by atoms with Crippen molar-refractivity contribution < 1.29 is 4.79 Å². The smallest absolute Gasteiger partial charge is 0.174 e. The minimum absolute atomic E-state index is 0.163. The SMILES string of the molecule is CCC(=O)c1cnc(-c2ccc(C)cc2)s1. The summed E-state index contributed by atoms with van der Waals surface area (Å²) in [4.78, 5) is 16.5. The van der Waals surface area contributed by atoms with Gasteiger partial charge in [0.05, 0.1) is 4.88 Å². The molecule has 16 heavy (non-hydrogen) atoms. The van der Waals surface area contributed by atoms with Crippen LogP contribution in [0.4, 0.5) is 0 Å². The molecule has 1 heterocycles. The van der Waals surface area contributed by atoms with E-state index in [1.54, 1.807) is 6.20 Å². The molecule has 0 aliphatic heterocycles. The highest BCUT2D eigenvalue weighted by Crippen LogP contribution is 2.25. The van der Waals surface area contributed by atoms with Gasteiger partial charge in [-0.2, -0.15) is 0 Å². The summed E-state index contributed by atoms with van der Waals surface area (Å²) in [7, 11) is 0. The number of carbonyl (C=O) groups is 1. The molecule has 0 bridgehead atoms. The van der Waals surface area contributed by atoms with Gasteiger partial charge in [0.25, 0.3) is 0 Å². The second kappa shape index (κ2) is 4.58. The van der Waals surface area contributed by atoms with Crippen LogP contribution in [0.5, 0.6) is 0 Å². The molecule has 2 nitrogen and oxygen atoms in total. The molecular weight excluding hydrogens is 218 g/mol. The van der Waals surface area contributed by atoms with Crippen molar-refractivity contribution in [3.05, 3.63) is 40.9 Å². The number of nitrogens with zero attached hydrogens (tertiary/aromatic N) is 1. The first-order chi connectivity index (χ1) is 7.70. The van der Waals surface area contributed by atoms with Crippen molar-refractivity contribution in [3.8, 4) is 10.6 Å². The summed E-state index contributed by atoms with van der Waals surface area (Å²) in [5, 5.41) is 0.914. The van der Waals surface area contributed by atoms with Gasteiger partial charge >= 0.3 is 0 Å². The van der Waals surface area contributed by atoms with Crippen LogP contribution in [-0.2, 0) is 0 Å². The van der Waals surface area contributed by atoms with Gasteiger partial charge in [0, 0.05) is 18.2 Å². The number of aromatic nitrogens is 1. The molecule has 0 saturated carbocycles. The van der Waals surface area contributed by atoms with E-state index in [4.69, 9.17) is 0 Å². The molecule has 3 heteroatoms. The summed E-state index contributed by atoms with van der Waals surface area (Å²) in [6.45, 7) is 3.92. The Balaban J connectivity index is 2.31. The summed E-state index contributed by atoms with van der Waals surface area (Å²) in [6, 6.07) is 8.18. The third kappa shape index (κ3) is 2.19. The summed E-state index contributed by atoms with van der Waals surface area (Å²) < 4.78 is 0. The molecule has 82 valence electrons. The van der Waals surface area contributed by atoms with E-state index in [1.165, 1.54) is 16.9 Å². The average molecular weight is 231 g/mol. The third-order valence-electron chi connectivity index (χ3n) is 2.40. The zero-order valence-electron chi connectivity index (χ0n) is 9.36. The highest BCUT2D eigenvalue weighted by Gasteiger charge is 2.09. The molecule has 0 fully saturated rings. The first-order valence-electron chi connectivity index (χ1n) is 5.26. The Kier molecular flexibility index (Phi) is 3.15. The zero-order valence-corrected chi connectivity index (χ0v) is 10.2. The molecule has 0 aliphatic rings. The quantitative estimate of drug-likeness (QED) is 0.754. The number of benzene rings is 1. The molecule has 0 N–H and O–H groups in total. The maximum Gasteiger partial charge on any atom is 0.174 e. The minimum atomic E-state index is 0.163. The van der Waals surface area contributed by atoms with Crippen molar-refractivity contribution in [3.63, 3.8) is 0 Å². The van der Waals surface area contributed by atoms with Crippen molar-refractivity contribution in [2.45, 2.75) is 20.3 Å². The molecule has 2 rings (SSSR count). The Morgan fingerprint density at radius 2 is 2.00 bits per heavy atom. The number of ketones is 1. The van der Waals surface area contributed by atoms with Crippen molar-refractivity contribution in [2.24, 2.45) is 0 Å². The molecule has 1 aromatic carbocycles. The van der Waals surface area contributed by atoms with Gasteiger partial charge in [0.15, 0.2) is 5.78 Å². The van der Waals surface area contributed by atoms with Crippen LogP contribution >= 0.6 is 11.3 Å². The number of aryl methyl sites for hydroxylation is 1. The second-order valence-corrected chi connectivity index (χ2v) is 4.70. The lowest BCUT2D eigenvalue weighted by Crippen LogP contribution is -1.90. The van der Waals surface area contributed by atoms with Crippen LogP contribution in [0.25, 0.3) is 10.6 Å². The Hall–Kier alpha value is -1.48. The van der Waals surface area contributed by atoms with E-state index in [2.05, 4.69) is 24.0 Å². The lowest BCUT2D eigenvalue weighted by Gasteiger charge is -1.96. The number of Topliss-reactive ketones (excluding diaryl/α,β-unsaturated/α-hetero) is 1. The molecule has 0 spiro atoms. The number of rotatable bonds is 3. The average Bonchev–Trinajstić information content (AvgIpc) is 2.78. The van der Waals surface area contributed by atoms with Crippen LogP contribution in [0, 0.1) is 6.92 Å². The first kappa shape index (κ1) is 11.0. The Morgan fingerprint density at radius 1 is 1.31 bits per heavy atom. The summed E-state index contributed by atoms with van der Waals surface area (Å²) >= 11 is 1.46. The number of hydrogen-bond donors (Lipinski definition) is 0. The van der Waals surface area contributed by atoms with E-state index in [-0.39, 0.29) is 5.78 Å². The van der Waals surface area contributed by atoms with Crippen molar-refractivity contribution in [1.29, 1.82) is 0 Å². The van der Waals surface area contributed by atoms with Crippen LogP contribution in [0.3, 0.4) is 0 Å². The summed E-state index contributed by atoms with van der Waals surface area (Å²) in [5.74, 6) is 0.163. The van der Waals surface area contributed by atoms with Crippen molar-refractivity contribution in [2.75, 3.05) is 0 Å². The van der Waals surface area contributed by atoms with Gasteiger partial charge in [0.2, 0.25) is 0 Å². The van der Waals surface area contributed by atoms with E-state index in [0.717, 1.165) is 15.4 Å². The van der Waals surface area contributed by atoms with Gasteiger partial charge in [-0.1, -0.05) is 36.8 Å². The zero-order chi connectivity index (χ0) is 11.5. The fourth-order valence-electron chi connectivity index (χ4n) is 1.41. The maximum absolute atomic E-state index is 11.5. The standard InChI is InChI=1S/C13H13NOS/c1-3-11(15)12-8-14-13(16-12)10-6-4-9(2)5-7-10/h4-8H,3H2,1-2H3. The van der Waals surface area contributed by atoms with Gasteiger partial charge < -0.3 is 0 Å². The van der Waals surface area contributed by atoms with E-state index in [0.29, 0.717) is 6.42 Å². The Labute approximate surface area is 99.0 Å². The van der Waals surface area contributed by atoms with E-state index in [1.807, 2.05) is 19.1 Å². The maximum atomic E-state index is 11.5. The van der Waals surface area contributed by atoms with Crippen LogP contribution in [0.15, 0.2) is 30.5 Å². The van der Waals surface area contributed by atoms with E-state index < -0.39 is 0 Å². The van der Waals surface area contributed by atoms with Crippen LogP contribution in [-0.4, -0.2) is 10.8 Å². The van der Waals surface area contributed by atoms with Gasteiger partial charge in [-0.15, -0.1) is 11.3 Å². The molecule has 0 atom stereocenters. The molecule has 2 aromatic rings. The number of hydrogen-bond acceptors (Lipinski definition) is 3. The summed E-state index contributed by atoms with van der Waals surface area (Å²) in [5.41, 5.74) is 2.30. The molecule has 0 aliphatic carbocycles. The molecule has 0 amide bonds. The predicted octanol–water partition coefficient (Wildman–Crippen LogP) is 3.71. The number of thiazole rings is 1. The Morgan fingerprint density at radius 3 is 2.62 bits per heavy atom. The van der Waals surface area contributed by atoms with Gasteiger partial charge in [-0.25, -0.2) is 4.98 Å². The monoisotopic (exact) mass is 231 g/mol. The topological polar surface area (TPSA) is 30.0 Å². The van der Waals surface area contributed by atoms with Gasteiger partial charge in [-0.3, -0.25) is 4.79 Å². The van der Waals surface area contributed by atoms with E-state index >= 15 is 0 Å². The van der Waals surface area contributed by atoms with Crippen LogP contribution in [0.2, 0.25) is 0 Å². The number of carbonyl (C=O) groups excluding carboxylic acids is 1. The first-order valence-corrected chi connectivity index (χ1v) is 6.08. The lowest BCUT2D eigenvalue weighted by molar-refractivity contribution is 0.0992.